The van der Waals surface area contributed by atoms with Gasteiger partial charge in [-0.25, -0.2) is 0 Å². The van der Waals surface area contributed by atoms with Crippen LogP contribution in [-0.2, 0) is 11.3 Å². The molecular formula is C16H24BrN3O. The highest BCUT2D eigenvalue weighted by Gasteiger charge is 2.22. The first-order valence-corrected chi connectivity index (χ1v) is 8.08. The van der Waals surface area contributed by atoms with E-state index in [9.17, 15) is 4.79 Å². The van der Waals surface area contributed by atoms with Crippen LogP contribution in [0.15, 0.2) is 22.7 Å². The summed E-state index contributed by atoms with van der Waals surface area (Å²) in [5.41, 5.74) is 2.44. The monoisotopic (exact) mass is 353 g/mol. The number of anilines is 1. The Balaban J connectivity index is 2.07. The molecule has 116 valence electrons. The standard InChI is InChI=1S/C16H24BrN3O/c1-16(2,3)18-10-12-5-6-14(13(17)9-12)20-8-7-19(4)15(21)11-20/h5-6,9,18H,7-8,10-11H2,1-4H3. The summed E-state index contributed by atoms with van der Waals surface area (Å²) in [6.45, 7) is 9.42. The van der Waals surface area contributed by atoms with Crippen LogP contribution in [0.4, 0.5) is 5.69 Å². The molecule has 0 bridgehead atoms. The summed E-state index contributed by atoms with van der Waals surface area (Å²) >= 11 is 3.64. The minimum Gasteiger partial charge on any atom is -0.360 e. The molecule has 0 saturated carbocycles. The molecule has 1 heterocycles. The van der Waals surface area contributed by atoms with Gasteiger partial charge in [0.1, 0.15) is 0 Å². The van der Waals surface area contributed by atoms with Gasteiger partial charge in [-0.1, -0.05) is 6.07 Å². The Morgan fingerprint density at radius 3 is 2.57 bits per heavy atom. The lowest BCUT2D eigenvalue weighted by atomic mass is 10.1. The molecule has 1 aromatic rings. The van der Waals surface area contributed by atoms with Crippen molar-refractivity contribution in [3.05, 3.63) is 28.2 Å². The highest BCUT2D eigenvalue weighted by atomic mass is 79.9. The van der Waals surface area contributed by atoms with Crippen molar-refractivity contribution in [1.82, 2.24) is 10.2 Å². The number of halogens is 1. The number of likely N-dealkylation sites (N-methyl/N-ethyl adjacent to an activating group) is 1. The predicted molar refractivity (Wildman–Crippen MR) is 90.6 cm³/mol. The first-order valence-electron chi connectivity index (χ1n) is 7.28. The largest absolute Gasteiger partial charge is 0.360 e. The molecule has 0 radical (unpaired) electrons. The van der Waals surface area contributed by atoms with E-state index in [0.717, 1.165) is 29.8 Å². The highest BCUT2D eigenvalue weighted by molar-refractivity contribution is 9.10. The lowest BCUT2D eigenvalue weighted by Crippen LogP contribution is -2.48. The van der Waals surface area contributed by atoms with Gasteiger partial charge in [0, 0.05) is 36.7 Å². The number of carbonyl (C=O) groups excluding carboxylic acids is 1. The summed E-state index contributed by atoms with van der Waals surface area (Å²) < 4.78 is 1.05. The van der Waals surface area contributed by atoms with E-state index in [0.29, 0.717) is 6.54 Å². The number of hydrogen-bond acceptors (Lipinski definition) is 3. The van der Waals surface area contributed by atoms with E-state index >= 15 is 0 Å². The Kier molecular flexibility index (Phi) is 4.94. The predicted octanol–water partition coefficient (Wildman–Crippen LogP) is 2.62. The van der Waals surface area contributed by atoms with Gasteiger partial charge in [0.05, 0.1) is 12.2 Å². The molecule has 2 rings (SSSR count). The van der Waals surface area contributed by atoms with Crippen molar-refractivity contribution in [1.29, 1.82) is 0 Å². The van der Waals surface area contributed by atoms with Gasteiger partial charge >= 0.3 is 0 Å². The second-order valence-corrected chi connectivity index (χ2v) is 7.48. The Morgan fingerprint density at radius 1 is 1.29 bits per heavy atom. The van der Waals surface area contributed by atoms with E-state index in [4.69, 9.17) is 0 Å². The van der Waals surface area contributed by atoms with Crippen molar-refractivity contribution in [2.45, 2.75) is 32.9 Å². The van der Waals surface area contributed by atoms with E-state index in [1.807, 2.05) is 7.05 Å². The van der Waals surface area contributed by atoms with Crippen LogP contribution in [0.25, 0.3) is 0 Å². The van der Waals surface area contributed by atoms with Crippen molar-refractivity contribution < 1.29 is 4.79 Å². The number of nitrogens with one attached hydrogen (secondary N) is 1. The smallest absolute Gasteiger partial charge is 0.241 e. The number of benzene rings is 1. The number of nitrogens with zero attached hydrogens (tertiary/aromatic N) is 2. The van der Waals surface area contributed by atoms with Crippen molar-refractivity contribution in [3.8, 4) is 0 Å². The summed E-state index contributed by atoms with van der Waals surface area (Å²) in [4.78, 5) is 15.7. The van der Waals surface area contributed by atoms with Crippen molar-refractivity contribution in [2.75, 3.05) is 31.6 Å². The molecule has 1 aromatic carbocycles. The van der Waals surface area contributed by atoms with E-state index in [1.54, 1.807) is 4.90 Å². The number of rotatable bonds is 3. The molecule has 21 heavy (non-hydrogen) atoms. The van der Waals surface area contributed by atoms with Crippen LogP contribution in [0, 0.1) is 0 Å². The van der Waals surface area contributed by atoms with Crippen LogP contribution in [-0.4, -0.2) is 43.0 Å². The van der Waals surface area contributed by atoms with Gasteiger partial charge in [-0.2, -0.15) is 0 Å². The van der Waals surface area contributed by atoms with Gasteiger partial charge in [0.15, 0.2) is 0 Å². The van der Waals surface area contributed by atoms with Crippen molar-refractivity contribution >= 4 is 27.5 Å². The molecule has 1 aliphatic rings. The fraction of sp³-hybridized carbons (Fsp3) is 0.562. The average Bonchev–Trinajstić information content (AvgIpc) is 2.39. The van der Waals surface area contributed by atoms with E-state index in [2.05, 4.69) is 65.1 Å². The summed E-state index contributed by atoms with van der Waals surface area (Å²) in [7, 11) is 1.86. The first-order chi connectivity index (χ1) is 9.76. The minimum absolute atomic E-state index is 0.106. The molecule has 0 atom stereocenters. The quantitative estimate of drug-likeness (QED) is 0.907. The van der Waals surface area contributed by atoms with Gasteiger partial charge in [-0.3, -0.25) is 4.79 Å². The zero-order valence-corrected chi connectivity index (χ0v) is 14.8. The van der Waals surface area contributed by atoms with Crippen LogP contribution in [0.2, 0.25) is 0 Å². The Morgan fingerprint density at radius 2 is 2.00 bits per heavy atom. The maximum atomic E-state index is 11.8. The maximum absolute atomic E-state index is 11.8. The highest BCUT2D eigenvalue weighted by Crippen LogP contribution is 2.28. The van der Waals surface area contributed by atoms with Crippen LogP contribution in [0.3, 0.4) is 0 Å². The molecule has 5 heteroatoms. The van der Waals surface area contributed by atoms with E-state index in [-0.39, 0.29) is 11.4 Å². The molecule has 1 saturated heterocycles. The third kappa shape index (κ3) is 4.45. The van der Waals surface area contributed by atoms with Gasteiger partial charge in [0.2, 0.25) is 5.91 Å². The number of amides is 1. The van der Waals surface area contributed by atoms with Gasteiger partial charge in [-0.05, 0) is 54.4 Å². The van der Waals surface area contributed by atoms with Crippen LogP contribution < -0.4 is 10.2 Å². The summed E-state index contributed by atoms with van der Waals surface area (Å²) in [5, 5.41) is 3.48. The molecule has 1 aliphatic heterocycles. The third-order valence-corrected chi connectivity index (χ3v) is 4.27. The van der Waals surface area contributed by atoms with Crippen LogP contribution >= 0.6 is 15.9 Å². The number of carbonyl (C=O) groups is 1. The molecule has 0 spiro atoms. The average molecular weight is 354 g/mol. The second-order valence-electron chi connectivity index (χ2n) is 6.63. The summed E-state index contributed by atoms with van der Waals surface area (Å²) in [6.07, 6.45) is 0. The zero-order valence-electron chi connectivity index (χ0n) is 13.2. The van der Waals surface area contributed by atoms with E-state index in [1.165, 1.54) is 5.56 Å². The lowest BCUT2D eigenvalue weighted by molar-refractivity contribution is -0.129. The van der Waals surface area contributed by atoms with Gasteiger partial charge < -0.3 is 15.1 Å². The summed E-state index contributed by atoms with van der Waals surface area (Å²) in [5.74, 6) is 0.173. The van der Waals surface area contributed by atoms with Crippen molar-refractivity contribution in [2.24, 2.45) is 0 Å². The fourth-order valence-corrected chi connectivity index (χ4v) is 2.93. The Bertz CT molecular complexity index is 525. The topological polar surface area (TPSA) is 35.6 Å². The van der Waals surface area contributed by atoms with Gasteiger partial charge in [-0.15, -0.1) is 0 Å². The van der Waals surface area contributed by atoms with Crippen LogP contribution in [0.1, 0.15) is 26.3 Å². The minimum atomic E-state index is 0.106. The van der Waals surface area contributed by atoms with Crippen molar-refractivity contribution in [3.63, 3.8) is 0 Å². The fourth-order valence-electron chi connectivity index (χ4n) is 2.25. The molecule has 1 fully saturated rings. The lowest BCUT2D eigenvalue weighted by Gasteiger charge is -2.34. The zero-order chi connectivity index (χ0) is 15.6. The SMILES string of the molecule is CN1CCN(c2ccc(CNC(C)(C)C)cc2Br)CC1=O. The van der Waals surface area contributed by atoms with E-state index < -0.39 is 0 Å². The Labute approximate surface area is 135 Å². The first kappa shape index (κ1) is 16.3. The second kappa shape index (κ2) is 6.36. The Hall–Kier alpha value is -1.07. The molecular weight excluding hydrogens is 330 g/mol. The van der Waals surface area contributed by atoms with Gasteiger partial charge in [0.25, 0.3) is 0 Å². The molecule has 0 aromatic heterocycles. The number of hydrogen-bond donors (Lipinski definition) is 1. The van der Waals surface area contributed by atoms with Crippen LogP contribution in [0.5, 0.6) is 0 Å². The molecule has 1 amide bonds. The summed E-state index contributed by atoms with van der Waals surface area (Å²) in [6, 6.07) is 6.36. The molecule has 1 N–H and O–H groups in total. The molecule has 4 nitrogen and oxygen atoms in total. The molecule has 0 aliphatic carbocycles. The third-order valence-electron chi connectivity index (χ3n) is 3.63. The maximum Gasteiger partial charge on any atom is 0.241 e. The molecule has 0 unspecified atom stereocenters. The number of piperazine rings is 1. The normalized spacial score (nSPS) is 16.5.